The van der Waals surface area contributed by atoms with Gasteiger partial charge in [0.25, 0.3) is 5.91 Å². The van der Waals surface area contributed by atoms with Crippen LogP contribution in [0.15, 0.2) is 18.3 Å². The van der Waals surface area contributed by atoms with E-state index in [2.05, 4.69) is 4.98 Å². The monoisotopic (exact) mass is 314 g/mol. The summed E-state index contributed by atoms with van der Waals surface area (Å²) in [5.74, 6) is 1.82. The van der Waals surface area contributed by atoms with Gasteiger partial charge in [-0.05, 0) is 67.9 Å². The number of hydrogen-bond donors (Lipinski definition) is 1. The highest BCUT2D eigenvalue weighted by Crippen LogP contribution is 2.55. The van der Waals surface area contributed by atoms with Gasteiger partial charge in [0.15, 0.2) is 0 Å². The fourth-order valence-electron chi connectivity index (χ4n) is 5.55. The van der Waals surface area contributed by atoms with E-state index in [-0.39, 0.29) is 11.6 Å². The van der Waals surface area contributed by atoms with Crippen molar-refractivity contribution in [3.8, 4) is 0 Å². The summed E-state index contributed by atoms with van der Waals surface area (Å²) in [6.45, 7) is 0. The van der Waals surface area contributed by atoms with Gasteiger partial charge in [0.05, 0.1) is 0 Å². The van der Waals surface area contributed by atoms with Crippen LogP contribution in [0.3, 0.4) is 0 Å². The molecule has 5 heteroatoms. The smallest absolute Gasteiger partial charge is 0.354 e. The summed E-state index contributed by atoms with van der Waals surface area (Å²) in [7, 11) is 1.89. The second kappa shape index (κ2) is 5.32. The molecule has 4 aliphatic rings. The van der Waals surface area contributed by atoms with Crippen molar-refractivity contribution in [1.29, 1.82) is 0 Å². The van der Waals surface area contributed by atoms with Crippen molar-refractivity contribution in [2.45, 2.75) is 38.1 Å². The third kappa shape index (κ3) is 2.42. The first-order chi connectivity index (χ1) is 11.0. The van der Waals surface area contributed by atoms with Gasteiger partial charge < -0.3 is 10.0 Å². The standard InChI is InChI=1S/C18H22N2O3/c1-20(17(21)12-2-3-19-15(9-12)18(22)23)16-13-5-10-4-11(7-13)8-14(16)6-10/h2-3,9-11,13-14,16H,4-8H2,1H3,(H,22,23). The minimum Gasteiger partial charge on any atom is -0.477 e. The van der Waals surface area contributed by atoms with Crippen molar-refractivity contribution in [3.05, 3.63) is 29.6 Å². The molecule has 4 saturated carbocycles. The molecule has 0 spiro atoms. The maximum absolute atomic E-state index is 12.8. The summed E-state index contributed by atoms with van der Waals surface area (Å²) < 4.78 is 0. The number of carbonyl (C=O) groups excluding carboxylic acids is 1. The molecule has 0 atom stereocenters. The lowest BCUT2D eigenvalue weighted by Gasteiger charge is -2.56. The number of carboxylic acid groups (broad SMARTS) is 1. The Morgan fingerprint density at radius 3 is 2.30 bits per heavy atom. The molecule has 5 nitrogen and oxygen atoms in total. The van der Waals surface area contributed by atoms with Crippen molar-refractivity contribution in [2.24, 2.45) is 23.7 Å². The lowest BCUT2D eigenvalue weighted by Crippen LogP contribution is -2.56. The number of carbonyl (C=O) groups is 2. The van der Waals surface area contributed by atoms with Gasteiger partial charge in [0.2, 0.25) is 0 Å². The van der Waals surface area contributed by atoms with Crippen LogP contribution in [0, 0.1) is 23.7 Å². The third-order valence-electron chi connectivity index (χ3n) is 6.17. The molecule has 0 aliphatic heterocycles. The summed E-state index contributed by atoms with van der Waals surface area (Å²) in [6.07, 6.45) is 7.82. The van der Waals surface area contributed by atoms with Gasteiger partial charge in [-0.3, -0.25) is 4.79 Å². The Labute approximate surface area is 135 Å². The number of carboxylic acids is 1. The number of hydrogen-bond acceptors (Lipinski definition) is 3. The van der Waals surface area contributed by atoms with E-state index in [1.165, 1.54) is 44.4 Å². The highest BCUT2D eigenvalue weighted by molar-refractivity contribution is 5.96. The lowest BCUT2D eigenvalue weighted by molar-refractivity contribution is -0.0491. The summed E-state index contributed by atoms with van der Waals surface area (Å²) in [5.41, 5.74) is 0.350. The van der Waals surface area contributed by atoms with Gasteiger partial charge in [-0.15, -0.1) is 0 Å². The molecule has 0 unspecified atom stereocenters. The SMILES string of the molecule is CN(C(=O)c1ccnc(C(=O)O)c1)C1C2CC3CC(C2)CC1C3. The van der Waals surface area contributed by atoms with Crippen LogP contribution < -0.4 is 0 Å². The molecule has 4 fully saturated rings. The normalized spacial score (nSPS) is 34.4. The van der Waals surface area contributed by atoms with Gasteiger partial charge in [0, 0.05) is 24.8 Å². The number of aromatic nitrogens is 1. The zero-order chi connectivity index (χ0) is 16.1. The summed E-state index contributed by atoms with van der Waals surface area (Å²) in [4.78, 5) is 29.6. The van der Waals surface area contributed by atoms with Gasteiger partial charge >= 0.3 is 5.97 Å². The topological polar surface area (TPSA) is 70.5 Å². The molecule has 0 saturated heterocycles. The predicted octanol–water partition coefficient (Wildman–Crippen LogP) is 2.68. The van der Waals surface area contributed by atoms with E-state index < -0.39 is 5.97 Å². The fraction of sp³-hybridized carbons (Fsp3) is 0.611. The van der Waals surface area contributed by atoms with Crippen LogP contribution in [-0.4, -0.2) is 40.0 Å². The van der Waals surface area contributed by atoms with E-state index in [1.807, 2.05) is 11.9 Å². The molecule has 1 N–H and O–H groups in total. The Balaban J connectivity index is 1.57. The van der Waals surface area contributed by atoms with Crippen LogP contribution in [0.25, 0.3) is 0 Å². The zero-order valence-corrected chi connectivity index (χ0v) is 13.3. The van der Waals surface area contributed by atoms with Gasteiger partial charge in [-0.2, -0.15) is 0 Å². The molecule has 4 bridgehead atoms. The predicted molar refractivity (Wildman–Crippen MR) is 84.1 cm³/mol. The molecule has 1 aromatic heterocycles. The molecule has 4 aliphatic carbocycles. The van der Waals surface area contributed by atoms with Crippen LogP contribution >= 0.6 is 0 Å². The number of pyridine rings is 1. The first kappa shape index (κ1) is 14.7. The highest BCUT2D eigenvalue weighted by Gasteiger charge is 2.50. The minimum absolute atomic E-state index is 0.0747. The number of aromatic carboxylic acids is 1. The maximum atomic E-state index is 12.8. The van der Waals surface area contributed by atoms with Crippen molar-refractivity contribution >= 4 is 11.9 Å². The second-order valence-electron chi connectivity index (χ2n) is 7.57. The fourth-order valence-corrected chi connectivity index (χ4v) is 5.55. The molecule has 1 aromatic rings. The van der Waals surface area contributed by atoms with Crippen molar-refractivity contribution in [3.63, 3.8) is 0 Å². The van der Waals surface area contributed by atoms with E-state index in [0.717, 1.165) is 11.8 Å². The molecular weight excluding hydrogens is 292 g/mol. The van der Waals surface area contributed by atoms with Gasteiger partial charge in [-0.25, -0.2) is 9.78 Å². The quantitative estimate of drug-likeness (QED) is 0.931. The van der Waals surface area contributed by atoms with Crippen LogP contribution in [0.5, 0.6) is 0 Å². The Morgan fingerprint density at radius 2 is 1.74 bits per heavy atom. The van der Waals surface area contributed by atoms with E-state index in [4.69, 9.17) is 5.11 Å². The van der Waals surface area contributed by atoms with Crippen molar-refractivity contribution in [2.75, 3.05) is 7.05 Å². The number of nitrogens with zero attached hydrogens (tertiary/aromatic N) is 2. The minimum atomic E-state index is -1.10. The van der Waals surface area contributed by atoms with E-state index >= 15 is 0 Å². The Bertz CT molecular complexity index is 629. The third-order valence-corrected chi connectivity index (χ3v) is 6.17. The lowest BCUT2D eigenvalue weighted by atomic mass is 9.54. The van der Waals surface area contributed by atoms with E-state index in [0.29, 0.717) is 23.4 Å². The maximum Gasteiger partial charge on any atom is 0.354 e. The summed E-state index contributed by atoms with van der Waals surface area (Å²) in [6, 6.07) is 3.32. The Morgan fingerprint density at radius 1 is 1.13 bits per heavy atom. The first-order valence-electron chi connectivity index (χ1n) is 8.49. The van der Waals surface area contributed by atoms with Crippen molar-refractivity contribution < 1.29 is 14.7 Å². The molecule has 5 rings (SSSR count). The average Bonchev–Trinajstić information content (AvgIpc) is 2.53. The molecule has 0 aromatic carbocycles. The average molecular weight is 314 g/mol. The largest absolute Gasteiger partial charge is 0.477 e. The van der Waals surface area contributed by atoms with Crippen molar-refractivity contribution in [1.82, 2.24) is 9.88 Å². The molecule has 1 amide bonds. The molecule has 1 heterocycles. The molecule has 23 heavy (non-hydrogen) atoms. The highest BCUT2D eigenvalue weighted by atomic mass is 16.4. The van der Waals surface area contributed by atoms with Gasteiger partial charge in [-0.1, -0.05) is 0 Å². The van der Waals surface area contributed by atoms with Gasteiger partial charge in [0.1, 0.15) is 5.69 Å². The molecular formula is C18H22N2O3. The van der Waals surface area contributed by atoms with Crippen LogP contribution in [0.1, 0.15) is 53.0 Å². The Hall–Kier alpha value is -1.91. The molecule has 122 valence electrons. The van der Waals surface area contributed by atoms with Crippen LogP contribution in [0.2, 0.25) is 0 Å². The zero-order valence-electron chi connectivity index (χ0n) is 13.3. The van der Waals surface area contributed by atoms with Crippen LogP contribution in [0.4, 0.5) is 0 Å². The first-order valence-corrected chi connectivity index (χ1v) is 8.49. The van der Waals surface area contributed by atoms with E-state index in [1.54, 1.807) is 6.07 Å². The molecule has 0 radical (unpaired) electrons. The summed E-state index contributed by atoms with van der Waals surface area (Å²) >= 11 is 0. The van der Waals surface area contributed by atoms with Crippen LogP contribution in [-0.2, 0) is 0 Å². The Kier molecular flexibility index (Phi) is 3.39. The van der Waals surface area contributed by atoms with E-state index in [9.17, 15) is 9.59 Å². The number of rotatable bonds is 3. The number of amides is 1. The second-order valence-corrected chi connectivity index (χ2v) is 7.57. The summed E-state index contributed by atoms with van der Waals surface area (Å²) in [5, 5.41) is 9.06.